The number of nitro benzene ring substituents is 1. The zero-order valence-corrected chi connectivity index (χ0v) is 15.5. The number of benzene rings is 2. The van der Waals surface area contributed by atoms with E-state index in [-0.39, 0.29) is 5.69 Å². The van der Waals surface area contributed by atoms with E-state index in [1.54, 1.807) is 31.0 Å². The Balaban J connectivity index is 1.96. The smallest absolute Gasteiger partial charge is 0.269 e. The maximum Gasteiger partial charge on any atom is 0.269 e. The molecule has 1 aliphatic rings. The molecule has 4 rings (SSSR count). The van der Waals surface area contributed by atoms with Crippen molar-refractivity contribution >= 4 is 11.4 Å². The number of fused-ring (bicyclic) bond motifs is 2. The molecule has 3 aromatic rings. The number of methoxy groups -OCH3 is 2. The molecule has 1 aromatic heterocycles. The Kier molecular flexibility index (Phi) is 4.26. The van der Waals surface area contributed by atoms with Crippen LogP contribution in [-0.4, -0.2) is 39.7 Å². The van der Waals surface area contributed by atoms with Gasteiger partial charge in [0.05, 0.1) is 24.9 Å². The molecule has 0 unspecified atom stereocenters. The third-order valence-electron chi connectivity index (χ3n) is 4.63. The lowest BCUT2D eigenvalue weighted by atomic mass is 9.95. The fraction of sp³-hybridized carbons (Fsp3) is 0.211. The number of aryl methyl sites for hydroxylation is 1. The highest BCUT2D eigenvalue weighted by Gasteiger charge is 2.24. The molecule has 142 valence electrons. The van der Waals surface area contributed by atoms with Gasteiger partial charge in [-0.15, -0.1) is 10.2 Å². The summed E-state index contributed by atoms with van der Waals surface area (Å²) in [5.41, 5.74) is 3.19. The molecule has 0 spiro atoms. The fourth-order valence-corrected chi connectivity index (χ4v) is 3.21. The molecule has 2 heterocycles. The van der Waals surface area contributed by atoms with Crippen LogP contribution in [-0.2, 0) is 6.42 Å². The molecule has 0 aliphatic carbocycles. The lowest BCUT2D eigenvalue weighted by molar-refractivity contribution is -0.384. The lowest BCUT2D eigenvalue weighted by Crippen LogP contribution is -2.08. The van der Waals surface area contributed by atoms with Gasteiger partial charge >= 0.3 is 0 Å². The molecule has 0 bridgehead atoms. The summed E-state index contributed by atoms with van der Waals surface area (Å²) in [5.74, 6) is 2.53. The third-order valence-corrected chi connectivity index (χ3v) is 4.63. The molecule has 0 radical (unpaired) electrons. The molecule has 0 amide bonds. The van der Waals surface area contributed by atoms with Crippen molar-refractivity contribution in [2.45, 2.75) is 13.3 Å². The molecular formula is C19H17N5O4. The fourth-order valence-electron chi connectivity index (χ4n) is 3.21. The Morgan fingerprint density at radius 2 is 1.75 bits per heavy atom. The Hall–Kier alpha value is -3.75. The molecule has 0 atom stereocenters. The van der Waals surface area contributed by atoms with Crippen molar-refractivity contribution in [3.63, 3.8) is 0 Å². The number of hydrogen-bond acceptors (Lipinski definition) is 7. The van der Waals surface area contributed by atoms with Crippen molar-refractivity contribution in [2.24, 2.45) is 5.10 Å². The van der Waals surface area contributed by atoms with Gasteiger partial charge in [-0.1, -0.05) is 0 Å². The Morgan fingerprint density at radius 1 is 1.07 bits per heavy atom. The van der Waals surface area contributed by atoms with Gasteiger partial charge in [-0.2, -0.15) is 5.10 Å². The van der Waals surface area contributed by atoms with Crippen molar-refractivity contribution in [2.75, 3.05) is 14.2 Å². The monoisotopic (exact) mass is 379 g/mol. The molecule has 9 heteroatoms. The molecule has 0 N–H and O–H groups in total. The molecular weight excluding hydrogens is 362 g/mol. The number of ether oxygens (including phenoxy) is 2. The van der Waals surface area contributed by atoms with Crippen LogP contribution in [0.2, 0.25) is 0 Å². The number of aromatic nitrogens is 3. The van der Waals surface area contributed by atoms with E-state index in [4.69, 9.17) is 14.6 Å². The lowest BCUT2D eigenvalue weighted by Gasteiger charge is -2.14. The normalized spacial score (nSPS) is 12.5. The van der Waals surface area contributed by atoms with Crippen LogP contribution in [0.15, 0.2) is 41.5 Å². The highest BCUT2D eigenvalue weighted by molar-refractivity contribution is 6.14. The van der Waals surface area contributed by atoms with Crippen LogP contribution in [0.4, 0.5) is 5.69 Å². The summed E-state index contributed by atoms with van der Waals surface area (Å²) in [6.45, 7) is 1.82. The minimum absolute atomic E-state index is 0.0201. The van der Waals surface area contributed by atoms with Crippen LogP contribution in [0.5, 0.6) is 11.5 Å². The second-order valence-corrected chi connectivity index (χ2v) is 6.27. The van der Waals surface area contributed by atoms with Crippen LogP contribution in [0.3, 0.4) is 0 Å². The molecule has 0 saturated heterocycles. The minimum atomic E-state index is -0.428. The Morgan fingerprint density at radius 3 is 2.39 bits per heavy atom. The van der Waals surface area contributed by atoms with E-state index in [2.05, 4.69) is 10.2 Å². The minimum Gasteiger partial charge on any atom is -0.493 e. The molecule has 28 heavy (non-hydrogen) atoms. The molecule has 9 nitrogen and oxygen atoms in total. The quantitative estimate of drug-likeness (QED) is 0.399. The van der Waals surface area contributed by atoms with Gasteiger partial charge in [0.15, 0.2) is 23.1 Å². The van der Waals surface area contributed by atoms with Crippen molar-refractivity contribution in [1.29, 1.82) is 0 Å². The number of non-ortho nitro benzene ring substituents is 1. The first kappa shape index (κ1) is 17.7. The summed E-state index contributed by atoms with van der Waals surface area (Å²) >= 11 is 0. The summed E-state index contributed by atoms with van der Waals surface area (Å²) in [7, 11) is 3.15. The standard InChI is InChI=1S/C19H17N5O4/c1-11-20-21-18-9-13-8-16(27-2)17(28-3)10-15(13)19(22-23(11)18)12-4-6-14(7-5-12)24(25)26/h4-8,10H,9H2,1-3H3. The highest BCUT2D eigenvalue weighted by atomic mass is 16.6. The van der Waals surface area contributed by atoms with E-state index in [0.29, 0.717) is 35.3 Å². The van der Waals surface area contributed by atoms with E-state index in [1.807, 2.05) is 19.1 Å². The predicted octanol–water partition coefficient (Wildman–Crippen LogP) is 2.72. The number of rotatable bonds is 4. The van der Waals surface area contributed by atoms with E-state index in [1.165, 1.54) is 12.1 Å². The summed E-state index contributed by atoms with van der Waals surface area (Å²) in [6.07, 6.45) is 0.510. The van der Waals surface area contributed by atoms with Gasteiger partial charge in [0.1, 0.15) is 0 Å². The van der Waals surface area contributed by atoms with Crippen LogP contribution in [0.1, 0.15) is 28.3 Å². The summed E-state index contributed by atoms with van der Waals surface area (Å²) in [4.78, 5) is 10.6. The highest BCUT2D eigenvalue weighted by Crippen LogP contribution is 2.34. The average Bonchev–Trinajstić information content (AvgIpc) is 2.96. The van der Waals surface area contributed by atoms with Gasteiger partial charge in [0, 0.05) is 29.7 Å². The van der Waals surface area contributed by atoms with Gasteiger partial charge < -0.3 is 9.47 Å². The Bertz CT molecular complexity index is 1100. The molecule has 0 saturated carbocycles. The van der Waals surface area contributed by atoms with Gasteiger partial charge in [0.2, 0.25) is 0 Å². The average molecular weight is 379 g/mol. The summed E-state index contributed by atoms with van der Waals surface area (Å²) < 4.78 is 12.6. The molecule has 2 aromatic carbocycles. The topological polar surface area (TPSA) is 105 Å². The first-order chi connectivity index (χ1) is 13.5. The van der Waals surface area contributed by atoms with E-state index in [9.17, 15) is 10.1 Å². The van der Waals surface area contributed by atoms with Crippen LogP contribution in [0.25, 0.3) is 0 Å². The van der Waals surface area contributed by atoms with Crippen LogP contribution in [0, 0.1) is 17.0 Å². The second kappa shape index (κ2) is 6.76. The SMILES string of the molecule is COc1cc2c(cc1OC)C(c1ccc([N+](=O)[O-])cc1)=Nn1c(C)nnc1C2. The zero-order valence-electron chi connectivity index (χ0n) is 15.5. The van der Waals surface area contributed by atoms with E-state index < -0.39 is 4.92 Å². The van der Waals surface area contributed by atoms with Gasteiger partial charge in [-0.05, 0) is 36.8 Å². The van der Waals surface area contributed by atoms with E-state index in [0.717, 1.165) is 16.7 Å². The Labute approximate surface area is 160 Å². The van der Waals surface area contributed by atoms with Gasteiger partial charge in [0.25, 0.3) is 5.69 Å². The van der Waals surface area contributed by atoms with Crippen molar-refractivity contribution in [1.82, 2.24) is 14.9 Å². The third kappa shape index (κ3) is 2.86. The number of nitrogens with zero attached hydrogens (tertiary/aromatic N) is 5. The zero-order chi connectivity index (χ0) is 19.8. The first-order valence-electron chi connectivity index (χ1n) is 8.51. The summed E-state index contributed by atoms with van der Waals surface area (Å²) in [5, 5.41) is 24.1. The van der Waals surface area contributed by atoms with Crippen molar-refractivity contribution < 1.29 is 14.4 Å². The number of hydrogen-bond donors (Lipinski definition) is 0. The maximum absolute atomic E-state index is 11.0. The number of nitro groups is 1. The second-order valence-electron chi connectivity index (χ2n) is 6.27. The largest absolute Gasteiger partial charge is 0.493 e. The molecule has 1 aliphatic heterocycles. The van der Waals surface area contributed by atoms with Crippen molar-refractivity contribution in [3.05, 3.63) is 74.9 Å². The van der Waals surface area contributed by atoms with Crippen LogP contribution >= 0.6 is 0 Å². The van der Waals surface area contributed by atoms with Crippen LogP contribution < -0.4 is 9.47 Å². The predicted molar refractivity (Wildman–Crippen MR) is 101 cm³/mol. The maximum atomic E-state index is 11.0. The summed E-state index contributed by atoms with van der Waals surface area (Å²) in [6, 6.07) is 10.1. The van der Waals surface area contributed by atoms with E-state index >= 15 is 0 Å². The first-order valence-corrected chi connectivity index (χ1v) is 8.51. The molecule has 0 fully saturated rings. The van der Waals surface area contributed by atoms with Crippen molar-refractivity contribution in [3.8, 4) is 11.5 Å². The van der Waals surface area contributed by atoms with Gasteiger partial charge in [-0.3, -0.25) is 10.1 Å². The van der Waals surface area contributed by atoms with Gasteiger partial charge in [-0.25, -0.2) is 4.68 Å².